The molecule has 1 saturated heterocycles. The standard InChI is InChI=1S/C15H22N2O3.ClH/c1-10(11-3-5-13(20-2)6-4-11)15(19)17-8-12-7-16-9-14(12)18;/h3-6,10,12,14,16,18H,7-9H2,1-2H3,(H,17,19);1H. The number of methoxy groups -OCH3 is 1. The van der Waals surface area contributed by atoms with Crippen molar-refractivity contribution in [3.63, 3.8) is 0 Å². The van der Waals surface area contributed by atoms with Crippen molar-refractivity contribution in [2.45, 2.75) is 18.9 Å². The second-order valence-corrected chi connectivity index (χ2v) is 5.23. The summed E-state index contributed by atoms with van der Waals surface area (Å²) in [7, 11) is 1.62. The van der Waals surface area contributed by atoms with Crippen LogP contribution in [0.1, 0.15) is 18.4 Å². The summed E-state index contributed by atoms with van der Waals surface area (Å²) in [5.41, 5.74) is 0.952. The van der Waals surface area contributed by atoms with E-state index in [1.54, 1.807) is 7.11 Å². The van der Waals surface area contributed by atoms with Gasteiger partial charge in [0.25, 0.3) is 0 Å². The van der Waals surface area contributed by atoms with Crippen LogP contribution in [0.4, 0.5) is 0 Å². The number of aliphatic hydroxyl groups is 1. The first-order chi connectivity index (χ1) is 9.61. The Bertz CT molecular complexity index is 453. The molecule has 3 N–H and O–H groups in total. The summed E-state index contributed by atoms with van der Waals surface area (Å²) in [5, 5.41) is 15.7. The van der Waals surface area contributed by atoms with Gasteiger partial charge in [0, 0.05) is 25.6 Å². The molecule has 1 aromatic rings. The molecule has 1 fully saturated rings. The minimum atomic E-state index is -0.369. The number of carbonyl (C=O) groups excluding carboxylic acids is 1. The lowest BCUT2D eigenvalue weighted by Crippen LogP contribution is -2.36. The van der Waals surface area contributed by atoms with Gasteiger partial charge < -0.3 is 20.5 Å². The second kappa shape index (κ2) is 8.22. The molecule has 0 bridgehead atoms. The van der Waals surface area contributed by atoms with Crippen LogP contribution in [0.5, 0.6) is 5.75 Å². The molecule has 118 valence electrons. The zero-order valence-corrected chi connectivity index (χ0v) is 13.2. The lowest BCUT2D eigenvalue weighted by Gasteiger charge is -2.17. The fraction of sp³-hybridized carbons (Fsp3) is 0.533. The summed E-state index contributed by atoms with van der Waals surface area (Å²) in [6.07, 6.45) is -0.369. The van der Waals surface area contributed by atoms with E-state index < -0.39 is 0 Å². The van der Waals surface area contributed by atoms with Crippen molar-refractivity contribution < 1.29 is 14.6 Å². The van der Waals surface area contributed by atoms with E-state index in [-0.39, 0.29) is 36.3 Å². The van der Waals surface area contributed by atoms with Gasteiger partial charge >= 0.3 is 0 Å². The fourth-order valence-corrected chi connectivity index (χ4v) is 2.36. The van der Waals surface area contributed by atoms with Crippen molar-refractivity contribution in [3.8, 4) is 5.75 Å². The molecule has 0 spiro atoms. The molecular weight excluding hydrogens is 292 g/mol. The SMILES string of the molecule is COc1ccc(C(C)C(=O)NCC2CNCC2O)cc1.Cl. The van der Waals surface area contributed by atoms with Gasteiger partial charge in [-0.25, -0.2) is 0 Å². The Balaban J connectivity index is 0.00000220. The molecule has 5 nitrogen and oxygen atoms in total. The Kier molecular flexibility index (Phi) is 6.95. The first kappa shape index (κ1) is 17.8. The van der Waals surface area contributed by atoms with Gasteiger partial charge in [0.1, 0.15) is 5.75 Å². The number of ether oxygens (including phenoxy) is 1. The molecule has 2 rings (SSSR count). The van der Waals surface area contributed by atoms with E-state index in [4.69, 9.17) is 4.74 Å². The monoisotopic (exact) mass is 314 g/mol. The molecule has 1 aliphatic heterocycles. The fourth-order valence-electron chi connectivity index (χ4n) is 2.36. The average molecular weight is 315 g/mol. The van der Waals surface area contributed by atoms with E-state index in [0.29, 0.717) is 13.1 Å². The molecule has 1 heterocycles. The van der Waals surface area contributed by atoms with Crippen molar-refractivity contribution in [1.29, 1.82) is 0 Å². The number of nitrogens with one attached hydrogen (secondary N) is 2. The van der Waals surface area contributed by atoms with Crippen molar-refractivity contribution in [2.24, 2.45) is 5.92 Å². The Morgan fingerprint density at radius 1 is 1.43 bits per heavy atom. The third kappa shape index (κ3) is 4.59. The summed E-state index contributed by atoms with van der Waals surface area (Å²) in [5.74, 6) is 0.644. The molecule has 1 aromatic carbocycles. The molecule has 0 radical (unpaired) electrons. The predicted octanol–water partition coefficient (Wildman–Crippen LogP) is 0.917. The highest BCUT2D eigenvalue weighted by molar-refractivity contribution is 5.85. The van der Waals surface area contributed by atoms with Crippen LogP contribution in [-0.2, 0) is 4.79 Å². The van der Waals surface area contributed by atoms with E-state index in [0.717, 1.165) is 17.9 Å². The lowest BCUT2D eigenvalue weighted by atomic mass is 9.99. The molecule has 3 atom stereocenters. The zero-order chi connectivity index (χ0) is 14.5. The number of amides is 1. The highest BCUT2D eigenvalue weighted by atomic mass is 35.5. The van der Waals surface area contributed by atoms with Gasteiger partial charge in [-0.15, -0.1) is 12.4 Å². The summed E-state index contributed by atoms with van der Waals surface area (Å²) in [4.78, 5) is 12.1. The minimum Gasteiger partial charge on any atom is -0.497 e. The van der Waals surface area contributed by atoms with Crippen LogP contribution in [0.3, 0.4) is 0 Å². The quantitative estimate of drug-likeness (QED) is 0.756. The molecule has 6 heteroatoms. The van der Waals surface area contributed by atoms with E-state index in [1.807, 2.05) is 31.2 Å². The van der Waals surface area contributed by atoms with Gasteiger partial charge in [-0.2, -0.15) is 0 Å². The van der Waals surface area contributed by atoms with Gasteiger partial charge in [0.05, 0.1) is 19.1 Å². The van der Waals surface area contributed by atoms with E-state index >= 15 is 0 Å². The Labute approximate surface area is 131 Å². The summed E-state index contributed by atoms with van der Waals surface area (Å²) < 4.78 is 5.10. The van der Waals surface area contributed by atoms with Crippen LogP contribution in [-0.4, -0.2) is 43.9 Å². The number of rotatable bonds is 5. The molecule has 0 aromatic heterocycles. The van der Waals surface area contributed by atoms with Crippen LogP contribution in [0.2, 0.25) is 0 Å². The normalized spacial score (nSPS) is 22.2. The number of aliphatic hydroxyl groups excluding tert-OH is 1. The number of carbonyl (C=O) groups is 1. The maximum absolute atomic E-state index is 12.1. The van der Waals surface area contributed by atoms with Crippen LogP contribution in [0, 0.1) is 5.92 Å². The van der Waals surface area contributed by atoms with E-state index in [1.165, 1.54) is 0 Å². The number of halogens is 1. The van der Waals surface area contributed by atoms with Crippen molar-refractivity contribution >= 4 is 18.3 Å². The molecule has 0 saturated carbocycles. The Morgan fingerprint density at radius 2 is 2.10 bits per heavy atom. The van der Waals surface area contributed by atoms with E-state index in [2.05, 4.69) is 10.6 Å². The van der Waals surface area contributed by atoms with Gasteiger partial charge in [-0.3, -0.25) is 4.79 Å². The van der Waals surface area contributed by atoms with Crippen LogP contribution in [0.25, 0.3) is 0 Å². The maximum atomic E-state index is 12.1. The largest absolute Gasteiger partial charge is 0.497 e. The minimum absolute atomic E-state index is 0. The first-order valence-electron chi connectivity index (χ1n) is 6.92. The Hall–Kier alpha value is -1.30. The highest BCUT2D eigenvalue weighted by Crippen LogP contribution is 2.19. The van der Waals surface area contributed by atoms with Crippen molar-refractivity contribution in [1.82, 2.24) is 10.6 Å². The van der Waals surface area contributed by atoms with Crippen LogP contribution >= 0.6 is 12.4 Å². The predicted molar refractivity (Wildman–Crippen MR) is 84.0 cm³/mol. The van der Waals surface area contributed by atoms with Gasteiger partial charge in [0.15, 0.2) is 0 Å². The van der Waals surface area contributed by atoms with Crippen molar-refractivity contribution in [3.05, 3.63) is 29.8 Å². The Morgan fingerprint density at radius 3 is 2.62 bits per heavy atom. The summed E-state index contributed by atoms with van der Waals surface area (Å²) >= 11 is 0. The molecule has 21 heavy (non-hydrogen) atoms. The molecule has 3 unspecified atom stereocenters. The van der Waals surface area contributed by atoms with Crippen molar-refractivity contribution in [2.75, 3.05) is 26.7 Å². The highest BCUT2D eigenvalue weighted by Gasteiger charge is 2.26. The smallest absolute Gasteiger partial charge is 0.227 e. The van der Waals surface area contributed by atoms with Gasteiger partial charge in [-0.05, 0) is 24.6 Å². The average Bonchev–Trinajstić information content (AvgIpc) is 2.89. The number of hydrogen-bond donors (Lipinski definition) is 3. The van der Waals surface area contributed by atoms with Crippen LogP contribution in [0.15, 0.2) is 24.3 Å². The first-order valence-corrected chi connectivity index (χ1v) is 6.92. The topological polar surface area (TPSA) is 70.6 Å². The third-order valence-electron chi connectivity index (χ3n) is 3.85. The zero-order valence-electron chi connectivity index (χ0n) is 12.3. The third-order valence-corrected chi connectivity index (χ3v) is 3.85. The van der Waals surface area contributed by atoms with Gasteiger partial charge in [0.2, 0.25) is 5.91 Å². The number of β-amino-alcohol motifs (C(OH)–C–C–N with tert-alkyl or cyclic N) is 1. The summed E-state index contributed by atoms with van der Waals surface area (Å²) in [6, 6.07) is 7.50. The van der Waals surface area contributed by atoms with Gasteiger partial charge in [-0.1, -0.05) is 12.1 Å². The van der Waals surface area contributed by atoms with Crippen LogP contribution < -0.4 is 15.4 Å². The second-order valence-electron chi connectivity index (χ2n) is 5.23. The number of hydrogen-bond acceptors (Lipinski definition) is 4. The summed E-state index contributed by atoms with van der Waals surface area (Å²) in [6.45, 7) is 3.74. The molecule has 1 aliphatic rings. The maximum Gasteiger partial charge on any atom is 0.227 e. The van der Waals surface area contributed by atoms with E-state index in [9.17, 15) is 9.90 Å². The molecular formula is C15H23ClN2O3. The molecule has 1 amide bonds. The number of benzene rings is 1. The lowest BCUT2D eigenvalue weighted by molar-refractivity contribution is -0.122. The molecule has 0 aliphatic carbocycles.